The first-order valence-corrected chi connectivity index (χ1v) is 9.97. The van der Waals surface area contributed by atoms with Crippen LogP contribution < -0.4 is 0 Å². The Balaban J connectivity index is 1.95. The summed E-state index contributed by atoms with van der Waals surface area (Å²) in [6.07, 6.45) is 2.49. The zero-order valence-electron chi connectivity index (χ0n) is 12.8. The number of rotatable bonds is 7. The fraction of sp³-hybridized carbons (Fsp3) is 0.222. The first-order chi connectivity index (χ1) is 11.2. The van der Waals surface area contributed by atoms with Crippen molar-refractivity contribution in [2.24, 2.45) is 4.99 Å². The van der Waals surface area contributed by atoms with Gasteiger partial charge in [-0.1, -0.05) is 49.5 Å². The van der Waals surface area contributed by atoms with Crippen molar-refractivity contribution in [2.45, 2.75) is 29.6 Å². The molecule has 0 radical (unpaired) electrons. The Bertz CT molecular complexity index is 686. The molecule has 0 bridgehead atoms. The summed E-state index contributed by atoms with van der Waals surface area (Å²) in [7, 11) is 0. The van der Waals surface area contributed by atoms with Gasteiger partial charge in [0, 0.05) is 9.79 Å². The molecule has 0 amide bonds. The Labute approximate surface area is 157 Å². The van der Waals surface area contributed by atoms with Crippen molar-refractivity contribution < 1.29 is 0 Å². The number of aliphatic imine (C=N–C) groups is 1. The molecule has 0 aliphatic heterocycles. The van der Waals surface area contributed by atoms with E-state index < -0.39 is 0 Å². The topological polar surface area (TPSA) is 12.4 Å². The Morgan fingerprint density at radius 2 is 1.70 bits per heavy atom. The predicted molar refractivity (Wildman–Crippen MR) is 111 cm³/mol. The summed E-state index contributed by atoms with van der Waals surface area (Å²) in [6.45, 7) is 2.22. The maximum absolute atomic E-state index is 5.54. The van der Waals surface area contributed by atoms with E-state index in [1.165, 1.54) is 23.5 Å². The highest BCUT2D eigenvalue weighted by atomic mass is 32.2. The van der Waals surface area contributed by atoms with Crippen LogP contribution in [0.25, 0.3) is 0 Å². The third kappa shape index (κ3) is 6.21. The van der Waals surface area contributed by atoms with Crippen molar-refractivity contribution in [2.75, 3.05) is 5.75 Å². The molecule has 0 aromatic heterocycles. The molecule has 2 rings (SSSR count). The number of thioether (sulfide) groups is 2. The minimum absolute atomic E-state index is 0.809. The summed E-state index contributed by atoms with van der Waals surface area (Å²) in [5.41, 5.74) is 1.90. The van der Waals surface area contributed by atoms with E-state index in [0.717, 1.165) is 20.3 Å². The number of unbranched alkanes of at least 4 members (excludes halogenated alkanes) is 1. The van der Waals surface area contributed by atoms with E-state index in [1.807, 2.05) is 36.0 Å². The van der Waals surface area contributed by atoms with Crippen molar-refractivity contribution in [3.8, 4) is 0 Å². The summed E-state index contributed by atoms with van der Waals surface area (Å²) in [6, 6.07) is 16.3. The van der Waals surface area contributed by atoms with Gasteiger partial charge in [0.1, 0.15) is 0 Å². The predicted octanol–water partition coefficient (Wildman–Crippen LogP) is 6.78. The molecule has 0 fully saturated rings. The molecule has 0 unspecified atom stereocenters. The van der Waals surface area contributed by atoms with Crippen molar-refractivity contribution in [1.82, 2.24) is 0 Å². The molecule has 2 aromatic rings. The van der Waals surface area contributed by atoms with E-state index in [-0.39, 0.29) is 0 Å². The number of benzene rings is 2. The van der Waals surface area contributed by atoms with Gasteiger partial charge in [-0.25, -0.2) is 0 Å². The van der Waals surface area contributed by atoms with Crippen LogP contribution in [0.3, 0.4) is 0 Å². The quantitative estimate of drug-likeness (QED) is 0.229. The van der Waals surface area contributed by atoms with Gasteiger partial charge in [-0.3, -0.25) is 0 Å². The van der Waals surface area contributed by atoms with E-state index in [0.29, 0.717) is 0 Å². The van der Waals surface area contributed by atoms with Gasteiger partial charge in [0.25, 0.3) is 0 Å². The standard InChI is InChI=1S/C18H17NS4/c1-2-3-12-22-16-8-4-14(5-9-16)18(21)23-17-10-6-15(7-11-17)19-13-20/h4-11H,2-3,12H2,1H3. The summed E-state index contributed by atoms with van der Waals surface area (Å²) in [5.74, 6) is 1.17. The van der Waals surface area contributed by atoms with Gasteiger partial charge in [-0.2, -0.15) is 4.99 Å². The van der Waals surface area contributed by atoms with Crippen molar-refractivity contribution >= 4 is 63.0 Å². The Kier molecular flexibility index (Phi) is 8.00. The average Bonchev–Trinajstić information content (AvgIpc) is 2.58. The maximum Gasteiger partial charge on any atom is 0.0825 e. The second kappa shape index (κ2) is 10.0. The van der Waals surface area contributed by atoms with Gasteiger partial charge in [0.2, 0.25) is 0 Å². The highest BCUT2D eigenvalue weighted by Gasteiger charge is 2.04. The first-order valence-electron chi connectivity index (χ1n) is 7.36. The molecule has 0 N–H and O–H groups in total. The molecular weight excluding hydrogens is 358 g/mol. The Hall–Kier alpha value is -0.970. The molecule has 0 heterocycles. The number of nitrogens with zero attached hydrogens (tertiary/aromatic N) is 1. The molecule has 118 valence electrons. The number of isothiocyanates is 1. The van der Waals surface area contributed by atoms with Crippen LogP contribution in [0.1, 0.15) is 25.3 Å². The Morgan fingerprint density at radius 1 is 1.04 bits per heavy atom. The van der Waals surface area contributed by atoms with Gasteiger partial charge >= 0.3 is 0 Å². The second-order valence-corrected chi connectivity index (χ2v) is 7.91. The van der Waals surface area contributed by atoms with Crippen molar-refractivity contribution in [1.29, 1.82) is 0 Å². The minimum atomic E-state index is 0.809. The van der Waals surface area contributed by atoms with Gasteiger partial charge < -0.3 is 0 Å². The lowest BCUT2D eigenvalue weighted by Crippen LogP contribution is -1.91. The molecule has 23 heavy (non-hydrogen) atoms. The summed E-state index contributed by atoms with van der Waals surface area (Å²) in [4.78, 5) is 6.35. The molecule has 1 nitrogen and oxygen atoms in total. The van der Waals surface area contributed by atoms with Crippen LogP contribution in [0.5, 0.6) is 0 Å². The van der Waals surface area contributed by atoms with Crippen LogP contribution in [-0.4, -0.2) is 15.1 Å². The maximum atomic E-state index is 5.54. The van der Waals surface area contributed by atoms with E-state index >= 15 is 0 Å². The fourth-order valence-electron chi connectivity index (χ4n) is 1.83. The van der Waals surface area contributed by atoms with Crippen molar-refractivity contribution in [3.05, 3.63) is 54.1 Å². The lowest BCUT2D eigenvalue weighted by Gasteiger charge is -2.06. The Morgan fingerprint density at radius 3 is 2.30 bits per heavy atom. The highest BCUT2D eigenvalue weighted by molar-refractivity contribution is 8.23. The summed E-state index contributed by atoms with van der Waals surface area (Å²) < 4.78 is 0.876. The normalized spacial score (nSPS) is 10.1. The smallest absolute Gasteiger partial charge is 0.0825 e. The van der Waals surface area contributed by atoms with E-state index in [4.69, 9.17) is 12.2 Å². The molecule has 0 spiro atoms. The van der Waals surface area contributed by atoms with Crippen LogP contribution in [-0.2, 0) is 0 Å². The van der Waals surface area contributed by atoms with Crippen LogP contribution in [0.4, 0.5) is 5.69 Å². The SMILES string of the molecule is CCCCSc1ccc(C(=S)Sc2ccc(N=C=S)cc2)cc1. The van der Waals surface area contributed by atoms with E-state index in [9.17, 15) is 0 Å². The van der Waals surface area contributed by atoms with Gasteiger partial charge in [0.05, 0.1) is 15.0 Å². The summed E-state index contributed by atoms with van der Waals surface area (Å²) in [5, 5.41) is 2.37. The van der Waals surface area contributed by atoms with Crippen LogP contribution >= 0.6 is 48.0 Å². The lowest BCUT2D eigenvalue weighted by molar-refractivity contribution is 0.896. The third-order valence-corrected chi connectivity index (χ3v) is 5.68. The minimum Gasteiger partial charge on any atom is -0.195 e. The van der Waals surface area contributed by atoms with Crippen LogP contribution in [0, 0.1) is 0 Å². The monoisotopic (exact) mass is 375 g/mol. The molecule has 2 aromatic carbocycles. The highest BCUT2D eigenvalue weighted by Crippen LogP contribution is 2.27. The second-order valence-electron chi connectivity index (χ2n) is 4.81. The molecular formula is C18H17NS4. The largest absolute Gasteiger partial charge is 0.195 e. The number of hydrogen-bond acceptors (Lipinski definition) is 5. The molecule has 0 aliphatic rings. The van der Waals surface area contributed by atoms with Crippen LogP contribution in [0.15, 0.2) is 63.3 Å². The third-order valence-electron chi connectivity index (χ3n) is 3.08. The molecule has 0 saturated heterocycles. The molecule has 0 saturated carbocycles. The zero-order valence-corrected chi connectivity index (χ0v) is 16.1. The number of thiocarbonyl (C=S) groups is 2. The molecule has 0 atom stereocenters. The van der Waals surface area contributed by atoms with E-state index in [2.05, 4.69) is 53.6 Å². The van der Waals surface area contributed by atoms with Gasteiger partial charge in [-0.05, 0) is 66.4 Å². The van der Waals surface area contributed by atoms with Gasteiger partial charge in [-0.15, -0.1) is 11.8 Å². The first kappa shape index (κ1) is 18.4. The molecule has 0 aliphatic carbocycles. The van der Waals surface area contributed by atoms with Gasteiger partial charge in [0.15, 0.2) is 0 Å². The van der Waals surface area contributed by atoms with Crippen molar-refractivity contribution in [3.63, 3.8) is 0 Å². The van der Waals surface area contributed by atoms with Crippen LogP contribution in [0.2, 0.25) is 0 Å². The molecule has 5 heteroatoms. The average molecular weight is 376 g/mol. The zero-order chi connectivity index (χ0) is 16.5. The fourth-order valence-corrected chi connectivity index (χ4v) is 4.10. The lowest BCUT2D eigenvalue weighted by atomic mass is 10.2. The number of hydrogen-bond donors (Lipinski definition) is 0. The van der Waals surface area contributed by atoms with E-state index in [1.54, 1.807) is 11.8 Å². The summed E-state index contributed by atoms with van der Waals surface area (Å²) >= 11 is 13.6.